The molecule has 0 saturated carbocycles. The van der Waals surface area contributed by atoms with Crippen LogP contribution in [0.2, 0.25) is 5.02 Å². The van der Waals surface area contributed by atoms with Gasteiger partial charge in [-0.2, -0.15) is 0 Å². The van der Waals surface area contributed by atoms with Crippen LogP contribution in [0, 0.1) is 11.7 Å². The third kappa shape index (κ3) is 6.74. The fourth-order valence-corrected chi connectivity index (χ4v) is 3.58. The number of carbonyl (C=O) groups excluding carboxylic acids is 2. The van der Waals surface area contributed by atoms with Crippen LogP contribution in [0.1, 0.15) is 19.8 Å². The molecule has 5 nitrogen and oxygen atoms in total. The van der Waals surface area contributed by atoms with Crippen molar-refractivity contribution in [1.29, 1.82) is 0 Å². The van der Waals surface area contributed by atoms with Gasteiger partial charge in [-0.3, -0.25) is 9.59 Å². The van der Waals surface area contributed by atoms with Crippen LogP contribution in [0.25, 0.3) is 0 Å². The zero-order valence-corrected chi connectivity index (χ0v) is 16.7. The van der Waals surface area contributed by atoms with E-state index >= 15 is 0 Å². The summed E-state index contributed by atoms with van der Waals surface area (Å²) in [5.74, 6) is -1.10. The molecular formula is C17H20ClFN2O3S2. The zero-order chi connectivity index (χ0) is 19.1. The molecule has 26 heavy (non-hydrogen) atoms. The van der Waals surface area contributed by atoms with Gasteiger partial charge in [0.1, 0.15) is 10.1 Å². The standard InChI is InChI=1S/C17H20ClFN2O3S2/c1-11-4-6-21(7-5-11)17(25)26-10-16(23)24-9-15(22)20-14-3-2-12(18)8-13(14)19/h2-3,8,11H,4-7,9-10H2,1H3,(H,20,22). The highest BCUT2D eigenvalue weighted by Crippen LogP contribution is 2.20. The summed E-state index contributed by atoms with van der Waals surface area (Å²) >= 11 is 12.2. The molecule has 0 spiro atoms. The Labute approximate surface area is 166 Å². The molecule has 1 aliphatic heterocycles. The van der Waals surface area contributed by atoms with Gasteiger partial charge in [0.05, 0.1) is 11.4 Å². The Balaban J connectivity index is 1.68. The predicted octanol–water partition coefficient (Wildman–Crippen LogP) is 3.71. The second-order valence-corrected chi connectivity index (χ2v) is 8.10. The van der Waals surface area contributed by atoms with Gasteiger partial charge >= 0.3 is 5.97 Å². The molecule has 1 aromatic rings. The van der Waals surface area contributed by atoms with Crippen molar-refractivity contribution in [3.05, 3.63) is 29.0 Å². The Morgan fingerprint density at radius 3 is 2.77 bits per heavy atom. The summed E-state index contributed by atoms with van der Waals surface area (Å²) in [5.41, 5.74) is -0.0228. The van der Waals surface area contributed by atoms with Gasteiger partial charge in [0.2, 0.25) is 0 Å². The van der Waals surface area contributed by atoms with E-state index in [9.17, 15) is 14.0 Å². The van der Waals surface area contributed by atoms with Crippen molar-refractivity contribution in [3.63, 3.8) is 0 Å². The number of nitrogens with one attached hydrogen (secondary N) is 1. The minimum atomic E-state index is -0.658. The van der Waals surface area contributed by atoms with Crippen LogP contribution in [0.4, 0.5) is 10.1 Å². The van der Waals surface area contributed by atoms with Crippen LogP contribution in [0.5, 0.6) is 0 Å². The number of nitrogens with zero attached hydrogens (tertiary/aromatic N) is 1. The van der Waals surface area contributed by atoms with E-state index in [4.69, 9.17) is 28.6 Å². The van der Waals surface area contributed by atoms with Gasteiger partial charge < -0.3 is 15.0 Å². The first-order valence-electron chi connectivity index (χ1n) is 8.17. The molecule has 9 heteroatoms. The molecule has 1 saturated heterocycles. The number of thioether (sulfide) groups is 1. The monoisotopic (exact) mass is 418 g/mol. The van der Waals surface area contributed by atoms with E-state index in [-0.39, 0.29) is 16.5 Å². The van der Waals surface area contributed by atoms with Crippen LogP contribution >= 0.6 is 35.6 Å². The fraction of sp³-hybridized carbons (Fsp3) is 0.471. The lowest BCUT2D eigenvalue weighted by molar-refractivity contribution is -0.144. The first kappa shape index (κ1) is 20.9. The lowest BCUT2D eigenvalue weighted by Crippen LogP contribution is -2.36. The summed E-state index contributed by atoms with van der Waals surface area (Å²) in [6.07, 6.45) is 2.18. The van der Waals surface area contributed by atoms with Gasteiger partial charge in [0.25, 0.3) is 5.91 Å². The highest BCUT2D eigenvalue weighted by molar-refractivity contribution is 8.23. The predicted molar refractivity (Wildman–Crippen MR) is 106 cm³/mol. The Morgan fingerprint density at radius 1 is 1.42 bits per heavy atom. The highest BCUT2D eigenvalue weighted by atomic mass is 35.5. The summed E-state index contributed by atoms with van der Waals surface area (Å²) in [7, 11) is 0. The van der Waals surface area contributed by atoms with Crippen LogP contribution in [0.15, 0.2) is 18.2 Å². The number of halogens is 2. The van der Waals surface area contributed by atoms with Crippen molar-refractivity contribution in [2.24, 2.45) is 5.92 Å². The first-order valence-corrected chi connectivity index (χ1v) is 9.94. The van der Waals surface area contributed by atoms with E-state index in [2.05, 4.69) is 17.1 Å². The Hall–Kier alpha value is -1.38. The molecule has 1 N–H and O–H groups in total. The average Bonchev–Trinajstić information content (AvgIpc) is 2.61. The number of amides is 1. The fourth-order valence-electron chi connectivity index (χ4n) is 2.37. The van der Waals surface area contributed by atoms with Crippen molar-refractivity contribution in [2.45, 2.75) is 19.8 Å². The zero-order valence-electron chi connectivity index (χ0n) is 14.3. The Morgan fingerprint density at radius 2 is 2.12 bits per heavy atom. The summed E-state index contributed by atoms with van der Waals surface area (Å²) in [4.78, 5) is 25.6. The van der Waals surface area contributed by atoms with E-state index in [1.165, 1.54) is 23.9 Å². The summed E-state index contributed by atoms with van der Waals surface area (Å²) in [6, 6.07) is 3.87. The molecule has 0 bridgehead atoms. The molecule has 1 aromatic carbocycles. The molecule has 1 heterocycles. The normalized spacial score (nSPS) is 14.8. The molecule has 1 fully saturated rings. The average molecular weight is 419 g/mol. The first-order chi connectivity index (χ1) is 12.3. The molecular weight excluding hydrogens is 399 g/mol. The summed E-state index contributed by atoms with van der Waals surface area (Å²) in [6.45, 7) is 3.52. The number of benzene rings is 1. The molecule has 0 atom stereocenters. The molecule has 0 radical (unpaired) electrons. The molecule has 0 aromatic heterocycles. The molecule has 2 rings (SSSR count). The van der Waals surface area contributed by atoms with Gasteiger partial charge in [-0.05, 0) is 37.0 Å². The van der Waals surface area contributed by atoms with Crippen molar-refractivity contribution in [3.8, 4) is 0 Å². The van der Waals surface area contributed by atoms with Gasteiger partial charge in [-0.15, -0.1) is 0 Å². The molecule has 0 aliphatic carbocycles. The van der Waals surface area contributed by atoms with Crippen LogP contribution < -0.4 is 5.32 Å². The van der Waals surface area contributed by atoms with Crippen LogP contribution in [0.3, 0.4) is 0 Å². The highest BCUT2D eigenvalue weighted by Gasteiger charge is 2.19. The van der Waals surface area contributed by atoms with Crippen molar-refractivity contribution >= 4 is 57.5 Å². The van der Waals surface area contributed by atoms with E-state index < -0.39 is 24.3 Å². The molecule has 142 valence electrons. The van der Waals surface area contributed by atoms with E-state index in [0.29, 0.717) is 10.2 Å². The van der Waals surface area contributed by atoms with E-state index in [1.807, 2.05) is 0 Å². The minimum Gasteiger partial charge on any atom is -0.455 e. The van der Waals surface area contributed by atoms with E-state index in [0.717, 1.165) is 32.0 Å². The lowest BCUT2D eigenvalue weighted by atomic mass is 10.00. The van der Waals surface area contributed by atoms with Crippen LogP contribution in [-0.2, 0) is 14.3 Å². The van der Waals surface area contributed by atoms with Crippen molar-refractivity contribution in [2.75, 3.05) is 30.8 Å². The number of piperidine rings is 1. The largest absolute Gasteiger partial charge is 0.455 e. The summed E-state index contributed by atoms with van der Waals surface area (Å²) < 4.78 is 19.2. The van der Waals surface area contributed by atoms with Crippen molar-refractivity contribution < 1.29 is 18.7 Å². The number of anilines is 1. The Kier molecular flexibility index (Phi) is 8.12. The van der Waals surface area contributed by atoms with Gasteiger partial charge in [0.15, 0.2) is 6.61 Å². The molecule has 1 amide bonds. The smallest absolute Gasteiger partial charge is 0.316 e. The SMILES string of the molecule is CC1CCN(C(=S)SCC(=O)OCC(=O)Nc2ccc(Cl)cc2F)CC1. The van der Waals surface area contributed by atoms with E-state index in [1.54, 1.807) is 0 Å². The number of esters is 1. The van der Waals surface area contributed by atoms with Crippen LogP contribution in [-0.4, -0.2) is 46.5 Å². The minimum absolute atomic E-state index is 0.0228. The van der Waals surface area contributed by atoms with Gasteiger partial charge in [-0.25, -0.2) is 4.39 Å². The number of likely N-dealkylation sites (tertiary alicyclic amines) is 1. The topological polar surface area (TPSA) is 58.6 Å². The number of carbonyl (C=O) groups is 2. The maximum atomic E-state index is 13.6. The summed E-state index contributed by atoms with van der Waals surface area (Å²) in [5, 5.41) is 2.55. The molecule has 1 aliphatic rings. The number of rotatable bonds is 5. The van der Waals surface area contributed by atoms with Gasteiger partial charge in [-0.1, -0.05) is 42.5 Å². The molecule has 0 unspecified atom stereocenters. The third-order valence-electron chi connectivity index (χ3n) is 3.92. The number of hydrogen-bond donors (Lipinski definition) is 1. The maximum Gasteiger partial charge on any atom is 0.316 e. The van der Waals surface area contributed by atoms with Crippen molar-refractivity contribution in [1.82, 2.24) is 4.90 Å². The Bertz CT molecular complexity index is 682. The quantitative estimate of drug-likeness (QED) is 0.581. The maximum absolute atomic E-state index is 13.6. The number of thiocarbonyl (C=S) groups is 1. The number of hydrogen-bond acceptors (Lipinski definition) is 5. The number of ether oxygens (including phenoxy) is 1. The second kappa shape index (κ2) is 10.1. The third-order valence-corrected chi connectivity index (χ3v) is 5.66. The lowest BCUT2D eigenvalue weighted by Gasteiger charge is -2.31. The van der Waals surface area contributed by atoms with Gasteiger partial charge in [0, 0.05) is 18.1 Å². The second-order valence-electron chi connectivity index (χ2n) is 6.06.